The van der Waals surface area contributed by atoms with Gasteiger partial charge < -0.3 is 10.1 Å². The molecule has 0 heterocycles. The first-order chi connectivity index (χ1) is 11.1. The van der Waals surface area contributed by atoms with Crippen molar-refractivity contribution in [2.24, 2.45) is 5.14 Å². The molecule has 2 rings (SSSR count). The molecular formula is C17H20N2O4S. The molecule has 0 saturated heterocycles. The molecule has 0 radical (unpaired) electrons. The number of sulfonamides is 1. The zero-order valence-electron chi connectivity index (χ0n) is 14.0. The van der Waals surface area contributed by atoms with Crippen LogP contribution in [0.5, 0.6) is 5.75 Å². The molecule has 0 saturated carbocycles. The zero-order chi connectivity index (χ0) is 18.1. The highest BCUT2D eigenvalue weighted by atomic mass is 32.2. The van der Waals surface area contributed by atoms with Crippen molar-refractivity contribution in [3.8, 4) is 5.75 Å². The Hall–Kier alpha value is -2.38. The minimum Gasteiger partial charge on any atom is -0.496 e. The summed E-state index contributed by atoms with van der Waals surface area (Å²) in [6.07, 6.45) is 0. The quantitative estimate of drug-likeness (QED) is 0.887. The average Bonchev–Trinajstić information content (AvgIpc) is 2.50. The molecule has 0 aromatic heterocycles. The molecular weight excluding hydrogens is 328 g/mol. The van der Waals surface area contributed by atoms with Crippen molar-refractivity contribution >= 4 is 21.6 Å². The number of carbonyl (C=O) groups is 1. The number of rotatable bonds is 4. The lowest BCUT2D eigenvalue weighted by molar-refractivity contribution is 0.102. The first-order valence-corrected chi connectivity index (χ1v) is 8.78. The van der Waals surface area contributed by atoms with Gasteiger partial charge in [-0.15, -0.1) is 0 Å². The fourth-order valence-electron chi connectivity index (χ4n) is 2.31. The Morgan fingerprint density at radius 2 is 1.79 bits per heavy atom. The van der Waals surface area contributed by atoms with E-state index in [1.165, 1.54) is 19.2 Å². The third-order valence-corrected chi connectivity index (χ3v) is 4.71. The second-order valence-corrected chi connectivity index (χ2v) is 7.18. The first-order valence-electron chi connectivity index (χ1n) is 7.23. The summed E-state index contributed by atoms with van der Waals surface area (Å²) in [5.41, 5.74) is 3.16. The SMILES string of the molecule is COc1ccc(C)cc1C(=O)Nc1cc(S(N)(=O)=O)cc(C)c1C. The number of ether oxygens (including phenoxy) is 1. The van der Waals surface area contributed by atoms with Crippen molar-refractivity contribution in [2.45, 2.75) is 25.7 Å². The minimum atomic E-state index is -3.86. The van der Waals surface area contributed by atoms with Gasteiger partial charge in [0.2, 0.25) is 10.0 Å². The van der Waals surface area contributed by atoms with Gasteiger partial charge in [0, 0.05) is 5.69 Å². The minimum absolute atomic E-state index is 0.0443. The van der Waals surface area contributed by atoms with Crippen LogP contribution in [0.1, 0.15) is 27.0 Å². The number of carbonyl (C=O) groups excluding carboxylic acids is 1. The van der Waals surface area contributed by atoms with Gasteiger partial charge in [0.15, 0.2) is 0 Å². The van der Waals surface area contributed by atoms with E-state index < -0.39 is 10.0 Å². The Balaban J connectivity index is 2.46. The predicted molar refractivity (Wildman–Crippen MR) is 93.0 cm³/mol. The first kappa shape index (κ1) is 18.0. The Morgan fingerprint density at radius 1 is 1.12 bits per heavy atom. The molecule has 0 bridgehead atoms. The number of amides is 1. The topological polar surface area (TPSA) is 98.5 Å². The van der Waals surface area contributed by atoms with Gasteiger partial charge >= 0.3 is 0 Å². The highest BCUT2D eigenvalue weighted by molar-refractivity contribution is 7.89. The maximum Gasteiger partial charge on any atom is 0.259 e. The molecule has 0 atom stereocenters. The summed E-state index contributed by atoms with van der Waals surface area (Å²) in [5.74, 6) is 0.0553. The second kappa shape index (κ2) is 6.62. The number of primary sulfonamides is 1. The van der Waals surface area contributed by atoms with E-state index in [1.54, 1.807) is 26.0 Å². The van der Waals surface area contributed by atoms with Gasteiger partial charge in [-0.05, 0) is 56.2 Å². The molecule has 0 spiro atoms. The fraction of sp³-hybridized carbons (Fsp3) is 0.235. The van der Waals surface area contributed by atoms with Gasteiger partial charge in [-0.3, -0.25) is 4.79 Å². The van der Waals surface area contributed by atoms with Crippen LogP contribution in [0.4, 0.5) is 5.69 Å². The van der Waals surface area contributed by atoms with Crippen molar-refractivity contribution in [3.05, 3.63) is 52.6 Å². The molecule has 0 aliphatic rings. The number of methoxy groups -OCH3 is 1. The Bertz CT molecular complexity index is 905. The van der Waals surface area contributed by atoms with Crippen LogP contribution in [0.15, 0.2) is 35.2 Å². The standard InChI is InChI=1S/C17H20N2O4S/c1-10-5-6-16(23-4)14(7-10)17(20)19-15-9-13(24(18,21)22)8-11(2)12(15)3/h5-9H,1-4H3,(H,19,20)(H2,18,21,22). The van der Waals surface area contributed by atoms with Gasteiger partial charge in [0.25, 0.3) is 5.91 Å². The summed E-state index contributed by atoms with van der Waals surface area (Å²) in [5, 5.41) is 7.93. The summed E-state index contributed by atoms with van der Waals surface area (Å²) in [7, 11) is -2.38. The van der Waals surface area contributed by atoms with Crippen LogP contribution >= 0.6 is 0 Å². The van der Waals surface area contributed by atoms with Crippen LogP contribution in [0.3, 0.4) is 0 Å². The molecule has 3 N–H and O–H groups in total. The molecule has 2 aromatic carbocycles. The van der Waals surface area contributed by atoms with E-state index in [0.29, 0.717) is 22.6 Å². The highest BCUT2D eigenvalue weighted by Crippen LogP contribution is 2.26. The summed E-state index contributed by atoms with van der Waals surface area (Å²) in [6, 6.07) is 8.10. The number of benzene rings is 2. The van der Waals surface area contributed by atoms with E-state index in [0.717, 1.165) is 11.1 Å². The van der Waals surface area contributed by atoms with E-state index in [4.69, 9.17) is 9.88 Å². The van der Waals surface area contributed by atoms with Gasteiger partial charge in [-0.25, -0.2) is 13.6 Å². The number of hydrogen-bond acceptors (Lipinski definition) is 4. The summed E-state index contributed by atoms with van der Waals surface area (Å²) in [4.78, 5) is 12.6. The van der Waals surface area contributed by atoms with Crippen LogP contribution in [-0.4, -0.2) is 21.4 Å². The molecule has 6 nitrogen and oxygen atoms in total. The molecule has 0 fully saturated rings. The van der Waals surface area contributed by atoms with E-state index in [-0.39, 0.29) is 10.8 Å². The second-order valence-electron chi connectivity index (χ2n) is 5.62. The number of nitrogens with one attached hydrogen (secondary N) is 1. The Morgan fingerprint density at radius 3 is 2.38 bits per heavy atom. The average molecular weight is 348 g/mol. The highest BCUT2D eigenvalue weighted by Gasteiger charge is 2.17. The van der Waals surface area contributed by atoms with Crippen LogP contribution in [0.25, 0.3) is 0 Å². The third-order valence-electron chi connectivity index (χ3n) is 3.82. The zero-order valence-corrected chi connectivity index (χ0v) is 14.8. The molecule has 0 aliphatic carbocycles. The Labute approximate surface area is 141 Å². The normalized spacial score (nSPS) is 11.2. The predicted octanol–water partition coefficient (Wildman–Crippen LogP) is 2.52. The smallest absolute Gasteiger partial charge is 0.259 e. The number of anilines is 1. The third kappa shape index (κ3) is 3.74. The molecule has 7 heteroatoms. The van der Waals surface area contributed by atoms with E-state index >= 15 is 0 Å². The maximum absolute atomic E-state index is 12.6. The number of hydrogen-bond donors (Lipinski definition) is 2. The number of nitrogens with two attached hydrogens (primary N) is 1. The van der Waals surface area contributed by atoms with Crippen molar-refractivity contribution < 1.29 is 17.9 Å². The lowest BCUT2D eigenvalue weighted by atomic mass is 10.1. The molecule has 24 heavy (non-hydrogen) atoms. The van der Waals surface area contributed by atoms with Crippen LogP contribution in [0.2, 0.25) is 0 Å². The summed E-state index contributed by atoms with van der Waals surface area (Å²) in [6.45, 7) is 5.42. The van der Waals surface area contributed by atoms with Crippen LogP contribution in [0, 0.1) is 20.8 Å². The van der Waals surface area contributed by atoms with Gasteiger partial charge in [0.1, 0.15) is 5.75 Å². The van der Waals surface area contributed by atoms with Crippen LogP contribution < -0.4 is 15.2 Å². The van der Waals surface area contributed by atoms with Crippen LogP contribution in [-0.2, 0) is 10.0 Å². The summed E-state index contributed by atoms with van der Waals surface area (Å²) < 4.78 is 28.4. The molecule has 128 valence electrons. The fourth-order valence-corrected chi connectivity index (χ4v) is 2.93. The lowest BCUT2D eigenvalue weighted by Crippen LogP contribution is -2.17. The monoisotopic (exact) mass is 348 g/mol. The molecule has 0 aliphatic heterocycles. The van der Waals surface area contributed by atoms with E-state index in [9.17, 15) is 13.2 Å². The van der Waals surface area contributed by atoms with Crippen molar-refractivity contribution in [1.82, 2.24) is 0 Å². The van der Waals surface area contributed by atoms with Gasteiger partial charge in [-0.2, -0.15) is 0 Å². The van der Waals surface area contributed by atoms with Crippen molar-refractivity contribution in [2.75, 3.05) is 12.4 Å². The van der Waals surface area contributed by atoms with E-state index in [1.807, 2.05) is 13.0 Å². The van der Waals surface area contributed by atoms with Crippen molar-refractivity contribution in [3.63, 3.8) is 0 Å². The van der Waals surface area contributed by atoms with Gasteiger partial charge in [0.05, 0.1) is 17.6 Å². The Kier molecular flexibility index (Phi) is 4.96. The van der Waals surface area contributed by atoms with E-state index in [2.05, 4.69) is 5.32 Å². The summed E-state index contributed by atoms with van der Waals surface area (Å²) >= 11 is 0. The number of aryl methyl sites for hydroxylation is 2. The molecule has 2 aromatic rings. The van der Waals surface area contributed by atoms with Crippen molar-refractivity contribution in [1.29, 1.82) is 0 Å². The largest absolute Gasteiger partial charge is 0.496 e. The maximum atomic E-state index is 12.6. The molecule has 1 amide bonds. The van der Waals surface area contributed by atoms with Gasteiger partial charge in [-0.1, -0.05) is 11.6 Å². The lowest BCUT2D eigenvalue weighted by Gasteiger charge is -2.14. The molecule has 0 unspecified atom stereocenters.